The van der Waals surface area contributed by atoms with Crippen LogP contribution in [0.3, 0.4) is 0 Å². The average molecular weight is 340 g/mol. The number of benzene rings is 1. The highest BCUT2D eigenvalue weighted by molar-refractivity contribution is 5.83. The van der Waals surface area contributed by atoms with Crippen molar-refractivity contribution in [3.63, 3.8) is 0 Å². The SMILES string of the molecule is CC(C)Oc1ccc([C@H](CO)NC(=O)[C@H]2C[C@@H]2c2ccccc2)cn1. The van der Waals surface area contributed by atoms with Crippen LogP contribution in [0.15, 0.2) is 48.7 Å². The normalized spacial score (nSPS) is 20.2. The first-order valence-corrected chi connectivity index (χ1v) is 8.67. The maximum absolute atomic E-state index is 12.5. The predicted molar refractivity (Wildman–Crippen MR) is 95.3 cm³/mol. The monoisotopic (exact) mass is 340 g/mol. The lowest BCUT2D eigenvalue weighted by molar-refractivity contribution is -0.123. The summed E-state index contributed by atoms with van der Waals surface area (Å²) in [4.78, 5) is 16.7. The molecule has 25 heavy (non-hydrogen) atoms. The van der Waals surface area contributed by atoms with Crippen LogP contribution in [-0.4, -0.2) is 28.7 Å². The zero-order chi connectivity index (χ0) is 17.8. The van der Waals surface area contributed by atoms with Gasteiger partial charge >= 0.3 is 0 Å². The van der Waals surface area contributed by atoms with E-state index in [4.69, 9.17) is 4.74 Å². The van der Waals surface area contributed by atoms with Gasteiger partial charge in [0.15, 0.2) is 0 Å². The van der Waals surface area contributed by atoms with Gasteiger partial charge in [0, 0.05) is 18.2 Å². The number of aliphatic hydroxyl groups is 1. The van der Waals surface area contributed by atoms with Crippen molar-refractivity contribution in [1.29, 1.82) is 0 Å². The highest BCUT2D eigenvalue weighted by Crippen LogP contribution is 2.47. The maximum atomic E-state index is 12.5. The van der Waals surface area contributed by atoms with E-state index in [9.17, 15) is 9.90 Å². The van der Waals surface area contributed by atoms with Crippen molar-refractivity contribution in [3.8, 4) is 5.88 Å². The number of nitrogens with zero attached hydrogens (tertiary/aromatic N) is 1. The van der Waals surface area contributed by atoms with E-state index in [1.54, 1.807) is 12.3 Å². The summed E-state index contributed by atoms with van der Waals surface area (Å²) in [7, 11) is 0. The van der Waals surface area contributed by atoms with Crippen LogP contribution in [-0.2, 0) is 4.79 Å². The number of aliphatic hydroxyl groups excluding tert-OH is 1. The van der Waals surface area contributed by atoms with Crippen molar-refractivity contribution in [1.82, 2.24) is 10.3 Å². The van der Waals surface area contributed by atoms with Gasteiger partial charge in [-0.3, -0.25) is 4.79 Å². The molecule has 0 bridgehead atoms. The van der Waals surface area contributed by atoms with E-state index in [2.05, 4.69) is 22.4 Å². The summed E-state index contributed by atoms with van der Waals surface area (Å²) < 4.78 is 5.51. The third-order valence-electron chi connectivity index (χ3n) is 4.37. The number of ether oxygens (including phenoxy) is 1. The smallest absolute Gasteiger partial charge is 0.224 e. The number of aromatic nitrogens is 1. The molecular formula is C20H24N2O3. The van der Waals surface area contributed by atoms with Gasteiger partial charge in [-0.2, -0.15) is 0 Å². The lowest BCUT2D eigenvalue weighted by Gasteiger charge is -2.17. The van der Waals surface area contributed by atoms with Crippen LogP contribution >= 0.6 is 0 Å². The topological polar surface area (TPSA) is 71.5 Å². The summed E-state index contributed by atoms with van der Waals surface area (Å²) in [6.45, 7) is 3.71. The molecule has 2 N–H and O–H groups in total. The molecule has 1 saturated carbocycles. The van der Waals surface area contributed by atoms with E-state index >= 15 is 0 Å². The van der Waals surface area contributed by atoms with Gasteiger partial charge in [-0.1, -0.05) is 30.3 Å². The summed E-state index contributed by atoms with van der Waals surface area (Å²) >= 11 is 0. The van der Waals surface area contributed by atoms with Crippen molar-refractivity contribution in [3.05, 3.63) is 59.8 Å². The van der Waals surface area contributed by atoms with E-state index in [1.807, 2.05) is 38.1 Å². The molecular weight excluding hydrogens is 316 g/mol. The van der Waals surface area contributed by atoms with Crippen molar-refractivity contribution >= 4 is 5.91 Å². The Morgan fingerprint density at radius 2 is 2.04 bits per heavy atom. The van der Waals surface area contributed by atoms with Gasteiger partial charge in [-0.05, 0) is 43.4 Å². The Morgan fingerprint density at radius 1 is 1.28 bits per heavy atom. The summed E-state index contributed by atoms with van der Waals surface area (Å²) in [5.74, 6) is 0.775. The Kier molecular flexibility index (Phi) is 5.34. The van der Waals surface area contributed by atoms with Crippen LogP contribution in [0.25, 0.3) is 0 Å². The molecule has 3 atom stereocenters. The third-order valence-corrected chi connectivity index (χ3v) is 4.37. The lowest BCUT2D eigenvalue weighted by atomic mass is 10.1. The molecule has 132 valence electrons. The predicted octanol–water partition coefficient (Wildman–Crippen LogP) is 2.82. The number of rotatable bonds is 7. The van der Waals surface area contributed by atoms with E-state index < -0.39 is 6.04 Å². The molecule has 0 unspecified atom stereocenters. The highest BCUT2D eigenvalue weighted by atomic mass is 16.5. The summed E-state index contributed by atoms with van der Waals surface area (Å²) in [6.07, 6.45) is 2.55. The van der Waals surface area contributed by atoms with Crippen LogP contribution < -0.4 is 10.1 Å². The third kappa shape index (κ3) is 4.37. The van der Waals surface area contributed by atoms with Crippen molar-refractivity contribution < 1.29 is 14.6 Å². The first-order valence-electron chi connectivity index (χ1n) is 8.67. The van der Waals surface area contributed by atoms with Crippen molar-refractivity contribution in [2.24, 2.45) is 5.92 Å². The number of pyridine rings is 1. The van der Waals surface area contributed by atoms with E-state index in [1.165, 1.54) is 5.56 Å². The maximum Gasteiger partial charge on any atom is 0.224 e. The zero-order valence-corrected chi connectivity index (χ0v) is 14.6. The standard InChI is InChI=1S/C20H24N2O3/c1-13(2)25-19-9-8-15(11-21-19)18(12-23)22-20(24)17-10-16(17)14-6-4-3-5-7-14/h3-9,11,13,16-18,23H,10,12H2,1-2H3,(H,22,24)/t16-,17+,18+/m1/s1. The molecule has 0 spiro atoms. The second-order valence-corrected chi connectivity index (χ2v) is 6.70. The first-order chi connectivity index (χ1) is 12.1. The zero-order valence-electron chi connectivity index (χ0n) is 14.6. The minimum Gasteiger partial charge on any atom is -0.475 e. The van der Waals surface area contributed by atoms with Crippen LogP contribution in [0.5, 0.6) is 5.88 Å². The quantitative estimate of drug-likeness (QED) is 0.813. The Hall–Kier alpha value is -2.40. The molecule has 1 aromatic carbocycles. The van der Waals surface area contributed by atoms with Gasteiger partial charge in [-0.25, -0.2) is 4.98 Å². The molecule has 5 nitrogen and oxygen atoms in total. The Labute approximate surface area is 148 Å². The molecule has 2 aromatic rings. The fraction of sp³-hybridized carbons (Fsp3) is 0.400. The van der Waals surface area contributed by atoms with Crippen LogP contribution in [0.1, 0.15) is 43.4 Å². The second kappa shape index (κ2) is 7.66. The Bertz CT molecular complexity index is 701. The second-order valence-electron chi connectivity index (χ2n) is 6.70. The molecule has 1 heterocycles. The van der Waals surface area contributed by atoms with Gasteiger partial charge in [0.2, 0.25) is 11.8 Å². The molecule has 3 rings (SSSR count). The Morgan fingerprint density at radius 3 is 2.64 bits per heavy atom. The largest absolute Gasteiger partial charge is 0.475 e. The number of amides is 1. The van der Waals surface area contributed by atoms with E-state index in [-0.39, 0.29) is 30.5 Å². The fourth-order valence-corrected chi connectivity index (χ4v) is 2.98. The van der Waals surface area contributed by atoms with Gasteiger partial charge in [0.25, 0.3) is 0 Å². The first kappa shape index (κ1) is 17.4. The minimum absolute atomic E-state index is 0.0181. The molecule has 5 heteroatoms. The van der Waals surface area contributed by atoms with Crippen LogP contribution in [0, 0.1) is 5.92 Å². The molecule has 1 aliphatic carbocycles. The number of hydrogen-bond acceptors (Lipinski definition) is 4. The molecule has 0 aliphatic heterocycles. The van der Waals surface area contributed by atoms with Crippen molar-refractivity contribution in [2.45, 2.75) is 38.3 Å². The van der Waals surface area contributed by atoms with Crippen LogP contribution in [0.4, 0.5) is 0 Å². The molecule has 1 aromatic heterocycles. The van der Waals surface area contributed by atoms with Crippen LogP contribution in [0.2, 0.25) is 0 Å². The minimum atomic E-state index is -0.454. The Balaban J connectivity index is 1.60. The molecule has 1 fully saturated rings. The number of carbonyl (C=O) groups excluding carboxylic acids is 1. The average Bonchev–Trinajstić information content (AvgIpc) is 3.41. The summed E-state index contributed by atoms with van der Waals surface area (Å²) in [6, 6.07) is 13.2. The molecule has 1 amide bonds. The molecule has 1 aliphatic rings. The highest BCUT2D eigenvalue weighted by Gasteiger charge is 2.44. The number of nitrogens with one attached hydrogen (secondary N) is 1. The lowest BCUT2D eigenvalue weighted by Crippen LogP contribution is -2.32. The van der Waals surface area contributed by atoms with Gasteiger partial charge in [0.05, 0.1) is 18.8 Å². The molecule has 0 radical (unpaired) electrons. The van der Waals surface area contributed by atoms with E-state index in [0.717, 1.165) is 12.0 Å². The number of hydrogen-bond donors (Lipinski definition) is 2. The summed E-state index contributed by atoms with van der Waals surface area (Å²) in [5, 5.41) is 12.6. The summed E-state index contributed by atoms with van der Waals surface area (Å²) in [5.41, 5.74) is 1.96. The fourth-order valence-electron chi connectivity index (χ4n) is 2.98. The van der Waals surface area contributed by atoms with Gasteiger partial charge < -0.3 is 15.2 Å². The van der Waals surface area contributed by atoms with Gasteiger partial charge in [-0.15, -0.1) is 0 Å². The van der Waals surface area contributed by atoms with E-state index in [0.29, 0.717) is 5.88 Å². The van der Waals surface area contributed by atoms with Gasteiger partial charge in [0.1, 0.15) is 0 Å². The molecule has 0 saturated heterocycles. The number of carbonyl (C=O) groups is 1. The van der Waals surface area contributed by atoms with Crippen molar-refractivity contribution in [2.75, 3.05) is 6.61 Å².